The van der Waals surface area contributed by atoms with E-state index in [4.69, 9.17) is 0 Å². The maximum absolute atomic E-state index is 12.3. The topological polar surface area (TPSA) is 66.5 Å². The van der Waals surface area contributed by atoms with Gasteiger partial charge in [0.25, 0.3) is 0 Å². The Morgan fingerprint density at radius 2 is 2.00 bits per heavy atom. The number of carbonyl (C=O) groups excluding carboxylic acids is 1. The molecular weight excluding hydrogens is 300 g/mol. The van der Waals surface area contributed by atoms with Crippen molar-refractivity contribution < 1.29 is 13.2 Å². The van der Waals surface area contributed by atoms with Gasteiger partial charge in [0.15, 0.2) is 9.84 Å². The molecule has 0 saturated carbocycles. The highest BCUT2D eigenvalue weighted by Crippen LogP contribution is 2.17. The van der Waals surface area contributed by atoms with Gasteiger partial charge in [-0.1, -0.05) is 29.8 Å². The zero-order valence-electron chi connectivity index (χ0n) is 13.2. The third kappa shape index (κ3) is 4.55. The quantitative estimate of drug-likeness (QED) is 0.851. The van der Waals surface area contributed by atoms with Gasteiger partial charge in [-0.05, 0) is 25.8 Å². The van der Waals surface area contributed by atoms with Crippen molar-refractivity contribution in [2.24, 2.45) is 0 Å². The normalized spacial score (nSPS) is 20.0. The summed E-state index contributed by atoms with van der Waals surface area (Å²) in [5.41, 5.74) is 2.34. The predicted molar refractivity (Wildman–Crippen MR) is 87.3 cm³/mol. The van der Waals surface area contributed by atoms with Gasteiger partial charge < -0.3 is 10.2 Å². The SMILES string of the molecule is CCN(C(=O)CNCc1ccc(C)cc1)C1CCS(=O)(=O)C1. The number of amides is 1. The molecule has 1 aliphatic heterocycles. The molecule has 1 heterocycles. The van der Waals surface area contributed by atoms with E-state index < -0.39 is 9.84 Å². The number of hydrogen-bond donors (Lipinski definition) is 1. The van der Waals surface area contributed by atoms with Gasteiger partial charge in [0.05, 0.1) is 18.1 Å². The lowest BCUT2D eigenvalue weighted by Crippen LogP contribution is -2.45. The number of nitrogens with zero attached hydrogens (tertiary/aromatic N) is 1. The van der Waals surface area contributed by atoms with E-state index in [1.807, 2.05) is 38.1 Å². The van der Waals surface area contributed by atoms with Crippen LogP contribution >= 0.6 is 0 Å². The lowest BCUT2D eigenvalue weighted by molar-refractivity contribution is -0.131. The number of rotatable bonds is 6. The molecule has 2 rings (SSSR count). The molecule has 0 aliphatic carbocycles. The molecule has 1 N–H and O–H groups in total. The van der Waals surface area contributed by atoms with Crippen molar-refractivity contribution in [3.05, 3.63) is 35.4 Å². The number of hydrogen-bond acceptors (Lipinski definition) is 4. The molecule has 5 nitrogen and oxygen atoms in total. The Bertz CT molecular complexity index is 611. The molecule has 1 amide bonds. The molecule has 1 unspecified atom stereocenters. The number of likely N-dealkylation sites (N-methyl/N-ethyl adjacent to an activating group) is 1. The Labute approximate surface area is 132 Å². The molecule has 1 aromatic rings. The van der Waals surface area contributed by atoms with E-state index in [-0.39, 0.29) is 30.0 Å². The number of sulfone groups is 1. The first-order chi connectivity index (χ1) is 10.4. The van der Waals surface area contributed by atoms with E-state index in [2.05, 4.69) is 5.32 Å². The first-order valence-electron chi connectivity index (χ1n) is 7.67. The number of benzene rings is 1. The Morgan fingerprint density at radius 1 is 1.32 bits per heavy atom. The van der Waals surface area contributed by atoms with E-state index in [1.165, 1.54) is 5.56 Å². The molecule has 1 saturated heterocycles. The zero-order valence-corrected chi connectivity index (χ0v) is 14.0. The zero-order chi connectivity index (χ0) is 16.2. The van der Waals surface area contributed by atoms with Gasteiger partial charge in [-0.3, -0.25) is 4.79 Å². The van der Waals surface area contributed by atoms with Crippen molar-refractivity contribution in [2.45, 2.75) is 32.9 Å². The van der Waals surface area contributed by atoms with Gasteiger partial charge in [-0.25, -0.2) is 8.42 Å². The fourth-order valence-electron chi connectivity index (χ4n) is 2.78. The van der Waals surface area contributed by atoms with E-state index in [9.17, 15) is 13.2 Å². The second kappa shape index (κ2) is 7.24. The average molecular weight is 324 g/mol. The van der Waals surface area contributed by atoms with Crippen molar-refractivity contribution >= 4 is 15.7 Å². The third-order valence-corrected chi connectivity index (χ3v) is 5.79. The predicted octanol–water partition coefficient (Wildman–Crippen LogP) is 1.12. The van der Waals surface area contributed by atoms with Crippen LogP contribution in [0.4, 0.5) is 0 Å². The number of carbonyl (C=O) groups is 1. The summed E-state index contributed by atoms with van der Waals surface area (Å²) in [6.07, 6.45) is 0.555. The largest absolute Gasteiger partial charge is 0.338 e. The Kier molecular flexibility index (Phi) is 5.58. The van der Waals surface area contributed by atoms with Gasteiger partial charge in [0, 0.05) is 19.1 Å². The smallest absolute Gasteiger partial charge is 0.236 e. The first kappa shape index (κ1) is 17.0. The highest BCUT2D eigenvalue weighted by molar-refractivity contribution is 7.91. The molecule has 0 spiro atoms. The van der Waals surface area contributed by atoms with Crippen LogP contribution in [0.5, 0.6) is 0 Å². The van der Waals surface area contributed by atoms with Crippen LogP contribution in [0.1, 0.15) is 24.5 Å². The summed E-state index contributed by atoms with van der Waals surface area (Å²) < 4.78 is 23.1. The van der Waals surface area contributed by atoms with Crippen LogP contribution in [0.15, 0.2) is 24.3 Å². The minimum Gasteiger partial charge on any atom is -0.338 e. The first-order valence-corrected chi connectivity index (χ1v) is 9.49. The van der Waals surface area contributed by atoms with Crippen molar-refractivity contribution in [1.82, 2.24) is 10.2 Å². The molecule has 1 fully saturated rings. The average Bonchev–Trinajstić information content (AvgIpc) is 2.82. The maximum Gasteiger partial charge on any atom is 0.236 e. The van der Waals surface area contributed by atoms with Crippen molar-refractivity contribution in [1.29, 1.82) is 0 Å². The van der Waals surface area contributed by atoms with Crippen LogP contribution in [0, 0.1) is 6.92 Å². The van der Waals surface area contributed by atoms with Crippen LogP contribution in [0.3, 0.4) is 0 Å². The molecule has 1 aliphatic rings. The molecule has 22 heavy (non-hydrogen) atoms. The van der Waals surface area contributed by atoms with Gasteiger partial charge in [0.2, 0.25) is 5.91 Å². The highest BCUT2D eigenvalue weighted by atomic mass is 32.2. The van der Waals surface area contributed by atoms with Gasteiger partial charge in [-0.15, -0.1) is 0 Å². The van der Waals surface area contributed by atoms with Gasteiger partial charge >= 0.3 is 0 Å². The lowest BCUT2D eigenvalue weighted by Gasteiger charge is -2.27. The van der Waals surface area contributed by atoms with E-state index in [1.54, 1.807) is 4.90 Å². The Morgan fingerprint density at radius 3 is 2.55 bits per heavy atom. The summed E-state index contributed by atoms with van der Waals surface area (Å²) in [6, 6.07) is 7.99. The minimum atomic E-state index is -2.97. The maximum atomic E-state index is 12.3. The fraction of sp³-hybridized carbons (Fsp3) is 0.562. The lowest BCUT2D eigenvalue weighted by atomic mass is 10.1. The van der Waals surface area contributed by atoms with Crippen LogP contribution in [0.2, 0.25) is 0 Å². The standard InChI is InChI=1S/C16H24N2O3S/c1-3-18(15-8-9-22(20,21)12-15)16(19)11-17-10-14-6-4-13(2)5-7-14/h4-7,15,17H,3,8-12H2,1-2H3. The van der Waals surface area contributed by atoms with Crippen LogP contribution < -0.4 is 5.32 Å². The van der Waals surface area contributed by atoms with E-state index in [0.717, 1.165) is 5.56 Å². The fourth-order valence-corrected chi connectivity index (χ4v) is 4.51. The van der Waals surface area contributed by atoms with Crippen molar-refractivity contribution in [2.75, 3.05) is 24.6 Å². The molecule has 1 aromatic carbocycles. The molecule has 0 aromatic heterocycles. The second-order valence-corrected chi connectivity index (χ2v) is 8.05. The summed E-state index contributed by atoms with van der Waals surface area (Å²) >= 11 is 0. The van der Waals surface area contributed by atoms with Crippen LogP contribution in [-0.2, 0) is 21.2 Å². The molecular formula is C16H24N2O3S. The summed E-state index contributed by atoms with van der Waals surface area (Å²) in [6.45, 7) is 5.34. The molecule has 1 atom stereocenters. The van der Waals surface area contributed by atoms with Crippen molar-refractivity contribution in [3.63, 3.8) is 0 Å². The highest BCUT2D eigenvalue weighted by Gasteiger charge is 2.33. The van der Waals surface area contributed by atoms with Gasteiger partial charge in [0.1, 0.15) is 0 Å². The van der Waals surface area contributed by atoms with Crippen molar-refractivity contribution in [3.8, 4) is 0 Å². The van der Waals surface area contributed by atoms with Gasteiger partial charge in [-0.2, -0.15) is 0 Å². The van der Waals surface area contributed by atoms with E-state index >= 15 is 0 Å². The summed E-state index contributed by atoms with van der Waals surface area (Å²) in [4.78, 5) is 14.0. The molecule has 0 radical (unpaired) electrons. The summed E-state index contributed by atoms with van der Waals surface area (Å²) in [7, 11) is -2.97. The summed E-state index contributed by atoms with van der Waals surface area (Å²) in [5.74, 6) is 0.264. The second-order valence-electron chi connectivity index (χ2n) is 5.83. The minimum absolute atomic E-state index is 0.0308. The molecule has 6 heteroatoms. The van der Waals surface area contributed by atoms with E-state index in [0.29, 0.717) is 19.5 Å². The Balaban J connectivity index is 1.83. The molecule has 122 valence electrons. The third-order valence-electron chi connectivity index (χ3n) is 4.04. The number of aryl methyl sites for hydroxylation is 1. The molecule has 0 bridgehead atoms. The summed E-state index contributed by atoms with van der Waals surface area (Å²) in [5, 5.41) is 3.14. The number of nitrogens with one attached hydrogen (secondary N) is 1. The monoisotopic (exact) mass is 324 g/mol. The van der Waals surface area contributed by atoms with Crippen LogP contribution in [-0.4, -0.2) is 49.9 Å². The Hall–Kier alpha value is -1.40. The van der Waals surface area contributed by atoms with Crippen LogP contribution in [0.25, 0.3) is 0 Å².